The summed E-state index contributed by atoms with van der Waals surface area (Å²) < 4.78 is 7.60. The smallest absolute Gasteiger partial charge is 0.134 e. The number of morpholine rings is 1. The number of nitrogens with one attached hydrogen (secondary N) is 1. The molecule has 3 aromatic rings. The molecule has 2 aromatic heterocycles. The molecule has 0 bridgehead atoms. The minimum absolute atomic E-state index is 0.748. The van der Waals surface area contributed by atoms with Crippen LogP contribution in [-0.2, 0) is 11.3 Å². The average Bonchev–Trinajstić information content (AvgIpc) is 3.05. The first kappa shape index (κ1) is 16.2. The standard InChI is InChI=1S/C18H20ClN5O/c19-15-1-2-16-14(11-15)3-5-23(16)6-4-20-17-12-18(22-13-21-17)24-7-9-25-10-8-24/h1-3,5,11-13H,4,6-10H2,(H,20,21,22). The van der Waals surface area contributed by atoms with E-state index < -0.39 is 0 Å². The molecule has 0 amide bonds. The van der Waals surface area contributed by atoms with Crippen molar-refractivity contribution in [3.63, 3.8) is 0 Å². The Hall–Kier alpha value is -2.31. The number of fused-ring (bicyclic) bond motifs is 1. The summed E-state index contributed by atoms with van der Waals surface area (Å²) in [6.45, 7) is 4.87. The molecule has 1 aliphatic heterocycles. The molecular formula is C18H20ClN5O. The zero-order valence-electron chi connectivity index (χ0n) is 13.9. The van der Waals surface area contributed by atoms with Gasteiger partial charge < -0.3 is 19.5 Å². The Balaban J connectivity index is 1.39. The van der Waals surface area contributed by atoms with Crippen LogP contribution in [0.5, 0.6) is 0 Å². The molecule has 0 atom stereocenters. The van der Waals surface area contributed by atoms with Crippen LogP contribution in [-0.4, -0.2) is 47.4 Å². The second-order valence-electron chi connectivity index (χ2n) is 6.00. The molecule has 1 saturated heterocycles. The summed E-state index contributed by atoms with van der Waals surface area (Å²) in [4.78, 5) is 10.9. The van der Waals surface area contributed by atoms with Gasteiger partial charge in [-0.25, -0.2) is 9.97 Å². The van der Waals surface area contributed by atoms with Crippen LogP contribution in [0.3, 0.4) is 0 Å². The first-order valence-electron chi connectivity index (χ1n) is 8.42. The van der Waals surface area contributed by atoms with Crippen LogP contribution in [0.25, 0.3) is 10.9 Å². The highest BCUT2D eigenvalue weighted by Gasteiger charge is 2.12. The van der Waals surface area contributed by atoms with E-state index in [1.165, 1.54) is 5.52 Å². The molecule has 3 heterocycles. The van der Waals surface area contributed by atoms with Gasteiger partial charge in [-0.1, -0.05) is 11.6 Å². The predicted molar refractivity (Wildman–Crippen MR) is 101 cm³/mol. The molecule has 25 heavy (non-hydrogen) atoms. The van der Waals surface area contributed by atoms with E-state index in [0.717, 1.165) is 61.4 Å². The normalized spacial score (nSPS) is 14.8. The van der Waals surface area contributed by atoms with Crippen molar-refractivity contribution in [3.8, 4) is 0 Å². The van der Waals surface area contributed by atoms with Crippen molar-refractivity contribution in [2.75, 3.05) is 43.1 Å². The molecule has 6 nitrogen and oxygen atoms in total. The zero-order valence-corrected chi connectivity index (χ0v) is 14.6. The molecule has 7 heteroatoms. The lowest BCUT2D eigenvalue weighted by molar-refractivity contribution is 0.122. The van der Waals surface area contributed by atoms with Gasteiger partial charge in [0.05, 0.1) is 13.2 Å². The summed E-state index contributed by atoms with van der Waals surface area (Å²) in [6, 6.07) is 10.0. The second kappa shape index (κ2) is 7.29. The predicted octanol–water partition coefficient (Wildman–Crippen LogP) is 3.03. The van der Waals surface area contributed by atoms with Crippen LogP contribution in [0, 0.1) is 0 Å². The fourth-order valence-corrected chi connectivity index (χ4v) is 3.26. The van der Waals surface area contributed by atoms with Crippen molar-refractivity contribution in [1.82, 2.24) is 14.5 Å². The van der Waals surface area contributed by atoms with Crippen molar-refractivity contribution < 1.29 is 4.74 Å². The van der Waals surface area contributed by atoms with Crippen LogP contribution in [0.1, 0.15) is 0 Å². The SMILES string of the molecule is Clc1ccc2c(ccn2CCNc2cc(N3CCOCC3)ncn2)c1. The summed E-state index contributed by atoms with van der Waals surface area (Å²) >= 11 is 6.04. The van der Waals surface area contributed by atoms with E-state index in [9.17, 15) is 0 Å². The Kier molecular flexibility index (Phi) is 4.72. The van der Waals surface area contributed by atoms with Gasteiger partial charge in [0, 0.05) is 54.4 Å². The molecule has 0 radical (unpaired) electrons. The number of ether oxygens (including phenoxy) is 1. The van der Waals surface area contributed by atoms with Gasteiger partial charge >= 0.3 is 0 Å². The van der Waals surface area contributed by atoms with Crippen molar-refractivity contribution in [3.05, 3.63) is 47.9 Å². The molecule has 1 aromatic carbocycles. The van der Waals surface area contributed by atoms with E-state index in [1.807, 2.05) is 18.2 Å². The summed E-state index contributed by atoms with van der Waals surface area (Å²) in [5.41, 5.74) is 1.18. The fourth-order valence-electron chi connectivity index (χ4n) is 3.08. The molecular weight excluding hydrogens is 338 g/mol. The maximum atomic E-state index is 6.04. The van der Waals surface area contributed by atoms with Gasteiger partial charge in [0.15, 0.2) is 0 Å². The van der Waals surface area contributed by atoms with Crippen LogP contribution < -0.4 is 10.2 Å². The van der Waals surface area contributed by atoms with E-state index in [2.05, 4.69) is 43.1 Å². The maximum Gasteiger partial charge on any atom is 0.134 e. The molecule has 0 aliphatic carbocycles. The minimum atomic E-state index is 0.748. The Morgan fingerprint density at radius 3 is 2.88 bits per heavy atom. The highest BCUT2D eigenvalue weighted by atomic mass is 35.5. The Bertz CT molecular complexity index is 860. The van der Waals surface area contributed by atoms with E-state index >= 15 is 0 Å². The lowest BCUT2D eigenvalue weighted by Crippen LogP contribution is -2.36. The number of benzene rings is 1. The lowest BCUT2D eigenvalue weighted by Gasteiger charge is -2.27. The molecule has 0 saturated carbocycles. The number of halogens is 1. The van der Waals surface area contributed by atoms with Crippen LogP contribution in [0.15, 0.2) is 42.9 Å². The molecule has 1 fully saturated rings. The highest BCUT2D eigenvalue weighted by Crippen LogP contribution is 2.20. The third-order valence-electron chi connectivity index (χ3n) is 4.38. The fraction of sp³-hybridized carbons (Fsp3) is 0.333. The van der Waals surface area contributed by atoms with E-state index in [0.29, 0.717) is 0 Å². The van der Waals surface area contributed by atoms with E-state index in [-0.39, 0.29) is 0 Å². The Morgan fingerprint density at radius 1 is 1.12 bits per heavy atom. The molecule has 0 spiro atoms. The summed E-state index contributed by atoms with van der Waals surface area (Å²) in [7, 11) is 0. The largest absolute Gasteiger partial charge is 0.378 e. The number of anilines is 2. The van der Waals surface area contributed by atoms with Gasteiger partial charge in [-0.3, -0.25) is 0 Å². The summed E-state index contributed by atoms with van der Waals surface area (Å²) in [6.07, 6.45) is 3.70. The monoisotopic (exact) mass is 357 g/mol. The number of rotatable bonds is 5. The number of hydrogen-bond acceptors (Lipinski definition) is 5. The van der Waals surface area contributed by atoms with E-state index in [1.54, 1.807) is 6.33 Å². The first-order chi connectivity index (χ1) is 12.3. The highest BCUT2D eigenvalue weighted by molar-refractivity contribution is 6.31. The van der Waals surface area contributed by atoms with Crippen molar-refractivity contribution >= 4 is 34.1 Å². The third-order valence-corrected chi connectivity index (χ3v) is 4.61. The van der Waals surface area contributed by atoms with Gasteiger partial charge in [-0.05, 0) is 24.3 Å². The topological polar surface area (TPSA) is 55.2 Å². The molecule has 0 unspecified atom stereocenters. The minimum Gasteiger partial charge on any atom is -0.378 e. The van der Waals surface area contributed by atoms with Crippen molar-refractivity contribution in [2.45, 2.75) is 6.54 Å². The number of nitrogens with zero attached hydrogens (tertiary/aromatic N) is 4. The van der Waals surface area contributed by atoms with Gasteiger partial charge in [0.2, 0.25) is 0 Å². The van der Waals surface area contributed by atoms with E-state index in [4.69, 9.17) is 16.3 Å². The van der Waals surface area contributed by atoms with Crippen LogP contribution in [0.4, 0.5) is 11.6 Å². The molecule has 1 aliphatic rings. The lowest BCUT2D eigenvalue weighted by atomic mass is 10.2. The van der Waals surface area contributed by atoms with Crippen molar-refractivity contribution in [1.29, 1.82) is 0 Å². The average molecular weight is 358 g/mol. The molecule has 4 rings (SSSR count). The Morgan fingerprint density at radius 2 is 2.00 bits per heavy atom. The molecule has 130 valence electrons. The maximum absolute atomic E-state index is 6.04. The second-order valence-corrected chi connectivity index (χ2v) is 6.44. The third kappa shape index (κ3) is 3.70. The quantitative estimate of drug-likeness (QED) is 0.760. The summed E-state index contributed by atoms with van der Waals surface area (Å²) in [5.74, 6) is 1.79. The number of hydrogen-bond donors (Lipinski definition) is 1. The van der Waals surface area contributed by atoms with Crippen molar-refractivity contribution in [2.24, 2.45) is 0 Å². The van der Waals surface area contributed by atoms with Crippen LogP contribution >= 0.6 is 11.6 Å². The van der Waals surface area contributed by atoms with Gasteiger partial charge in [-0.2, -0.15) is 0 Å². The summed E-state index contributed by atoms with van der Waals surface area (Å²) in [5, 5.41) is 5.30. The van der Waals surface area contributed by atoms with Crippen LogP contribution in [0.2, 0.25) is 5.02 Å². The molecule has 1 N–H and O–H groups in total. The van der Waals surface area contributed by atoms with Gasteiger partial charge in [-0.15, -0.1) is 0 Å². The number of aromatic nitrogens is 3. The first-order valence-corrected chi connectivity index (χ1v) is 8.80. The zero-order chi connectivity index (χ0) is 17.1. The van der Waals surface area contributed by atoms with Gasteiger partial charge in [0.25, 0.3) is 0 Å². The Labute approximate surface area is 151 Å². The van der Waals surface area contributed by atoms with Gasteiger partial charge in [0.1, 0.15) is 18.0 Å².